The lowest BCUT2D eigenvalue weighted by Gasteiger charge is -2.33. The van der Waals surface area contributed by atoms with E-state index in [4.69, 9.17) is 34.8 Å². The van der Waals surface area contributed by atoms with Gasteiger partial charge in [-0.05, 0) is 67.8 Å². The minimum Gasteiger partial charge on any atom is -0.354 e. The second-order valence-corrected chi connectivity index (χ2v) is 12.4. The molecule has 3 aromatic carbocycles. The van der Waals surface area contributed by atoms with E-state index in [1.807, 2.05) is 13.8 Å². The standard InChI is InChI=1S/C29H32Cl3N3O4S/c1-4-15-33-29(37)27(5-2)34(18-21-11-12-23(31)17-26(21)32)28(36)19-35(24-8-6-7-22(30)16-24)40(38,39)25-13-9-20(3)10-14-25/h6-14,16-17,27H,4-5,15,18-19H2,1-3H3,(H,33,37)/t27-/m0/s1. The summed E-state index contributed by atoms with van der Waals surface area (Å²) in [6.07, 6.45) is 1.02. The highest BCUT2D eigenvalue weighted by Gasteiger charge is 2.34. The largest absolute Gasteiger partial charge is 0.354 e. The molecule has 0 aliphatic carbocycles. The number of amides is 2. The maximum atomic E-state index is 14.0. The van der Waals surface area contributed by atoms with Gasteiger partial charge >= 0.3 is 0 Å². The fourth-order valence-electron chi connectivity index (χ4n) is 4.12. The van der Waals surface area contributed by atoms with E-state index in [9.17, 15) is 18.0 Å². The average molecular weight is 625 g/mol. The Morgan fingerprint density at radius 1 is 0.925 bits per heavy atom. The van der Waals surface area contributed by atoms with Gasteiger partial charge in [0.05, 0.1) is 10.6 Å². The fraction of sp³-hybridized carbons (Fsp3) is 0.310. The van der Waals surface area contributed by atoms with Crippen molar-refractivity contribution in [2.24, 2.45) is 0 Å². The van der Waals surface area contributed by atoms with Crippen LogP contribution in [0.4, 0.5) is 5.69 Å². The predicted octanol–water partition coefficient (Wildman–Crippen LogP) is 6.48. The van der Waals surface area contributed by atoms with Crippen LogP contribution >= 0.6 is 34.8 Å². The maximum Gasteiger partial charge on any atom is 0.264 e. The molecule has 0 fully saturated rings. The summed E-state index contributed by atoms with van der Waals surface area (Å²) in [5, 5.41) is 3.91. The monoisotopic (exact) mass is 623 g/mol. The van der Waals surface area contributed by atoms with Crippen molar-refractivity contribution in [3.8, 4) is 0 Å². The third-order valence-electron chi connectivity index (χ3n) is 6.27. The molecule has 214 valence electrons. The first-order valence-electron chi connectivity index (χ1n) is 12.8. The Hall–Kier alpha value is -2.78. The number of halogens is 3. The molecular weight excluding hydrogens is 593 g/mol. The molecule has 0 aromatic heterocycles. The zero-order valence-electron chi connectivity index (χ0n) is 22.5. The van der Waals surface area contributed by atoms with Gasteiger partial charge in [0.1, 0.15) is 12.6 Å². The number of hydrogen-bond donors (Lipinski definition) is 1. The van der Waals surface area contributed by atoms with Crippen LogP contribution in [0.15, 0.2) is 71.6 Å². The molecule has 1 atom stereocenters. The van der Waals surface area contributed by atoms with Crippen molar-refractivity contribution in [1.82, 2.24) is 10.2 Å². The number of nitrogens with one attached hydrogen (secondary N) is 1. The molecule has 7 nitrogen and oxygen atoms in total. The molecule has 0 saturated heterocycles. The average Bonchev–Trinajstić information content (AvgIpc) is 2.91. The summed E-state index contributed by atoms with van der Waals surface area (Å²) >= 11 is 18.7. The molecule has 0 unspecified atom stereocenters. The molecule has 0 radical (unpaired) electrons. The van der Waals surface area contributed by atoms with E-state index in [2.05, 4.69) is 5.32 Å². The summed E-state index contributed by atoms with van der Waals surface area (Å²) in [4.78, 5) is 28.6. The lowest BCUT2D eigenvalue weighted by atomic mass is 10.1. The zero-order chi connectivity index (χ0) is 29.4. The molecule has 1 N–H and O–H groups in total. The van der Waals surface area contributed by atoms with Crippen molar-refractivity contribution in [2.75, 3.05) is 17.4 Å². The first-order chi connectivity index (χ1) is 19.0. The van der Waals surface area contributed by atoms with E-state index in [0.29, 0.717) is 33.6 Å². The number of rotatable bonds is 12. The molecule has 0 heterocycles. The number of sulfonamides is 1. The predicted molar refractivity (Wildman–Crippen MR) is 162 cm³/mol. The lowest BCUT2D eigenvalue weighted by molar-refractivity contribution is -0.140. The van der Waals surface area contributed by atoms with E-state index in [1.165, 1.54) is 23.1 Å². The highest BCUT2D eigenvalue weighted by Crippen LogP contribution is 2.28. The van der Waals surface area contributed by atoms with Crippen LogP contribution in [0, 0.1) is 6.92 Å². The van der Waals surface area contributed by atoms with Gasteiger partial charge in [-0.3, -0.25) is 13.9 Å². The Balaban J connectivity index is 2.07. The van der Waals surface area contributed by atoms with E-state index >= 15 is 0 Å². The Kier molecular flexibility index (Phi) is 11.3. The van der Waals surface area contributed by atoms with Crippen molar-refractivity contribution in [3.05, 3.63) is 92.9 Å². The molecule has 0 spiro atoms. The highest BCUT2D eigenvalue weighted by atomic mass is 35.5. The summed E-state index contributed by atoms with van der Waals surface area (Å²) in [5.74, 6) is -0.918. The van der Waals surface area contributed by atoms with E-state index in [1.54, 1.807) is 55.5 Å². The normalized spacial score (nSPS) is 12.1. The summed E-state index contributed by atoms with van der Waals surface area (Å²) in [6.45, 7) is 5.41. The lowest BCUT2D eigenvalue weighted by Crippen LogP contribution is -2.52. The number of hydrogen-bond acceptors (Lipinski definition) is 4. The van der Waals surface area contributed by atoms with Crippen LogP contribution in [-0.4, -0.2) is 44.3 Å². The molecule has 3 aromatic rings. The minimum absolute atomic E-state index is 0.0194. The Morgan fingerprint density at radius 3 is 2.20 bits per heavy atom. The molecular formula is C29H32Cl3N3O4S. The topological polar surface area (TPSA) is 86.8 Å². The minimum atomic E-state index is -4.19. The first-order valence-corrected chi connectivity index (χ1v) is 15.4. The molecule has 0 saturated carbocycles. The second kappa shape index (κ2) is 14.2. The van der Waals surface area contributed by atoms with E-state index < -0.39 is 28.5 Å². The van der Waals surface area contributed by atoms with Crippen LogP contribution in [0.3, 0.4) is 0 Å². The summed E-state index contributed by atoms with van der Waals surface area (Å²) < 4.78 is 28.8. The highest BCUT2D eigenvalue weighted by molar-refractivity contribution is 7.92. The smallest absolute Gasteiger partial charge is 0.264 e. The van der Waals surface area contributed by atoms with Crippen LogP contribution in [-0.2, 0) is 26.2 Å². The number of aryl methyl sites for hydroxylation is 1. The van der Waals surface area contributed by atoms with Gasteiger partial charge in [0, 0.05) is 28.2 Å². The summed E-state index contributed by atoms with van der Waals surface area (Å²) in [7, 11) is -4.19. The van der Waals surface area contributed by atoms with Gasteiger partial charge in [0.2, 0.25) is 11.8 Å². The van der Waals surface area contributed by atoms with Crippen LogP contribution in [0.2, 0.25) is 15.1 Å². The van der Waals surface area contributed by atoms with E-state index in [0.717, 1.165) is 16.3 Å². The quantitative estimate of drug-likeness (QED) is 0.250. The van der Waals surface area contributed by atoms with Crippen molar-refractivity contribution in [3.63, 3.8) is 0 Å². The molecule has 0 bridgehead atoms. The molecule has 40 heavy (non-hydrogen) atoms. The van der Waals surface area contributed by atoms with Crippen LogP contribution in [0.25, 0.3) is 0 Å². The van der Waals surface area contributed by atoms with Gasteiger partial charge < -0.3 is 10.2 Å². The van der Waals surface area contributed by atoms with Gasteiger partial charge in [0.25, 0.3) is 10.0 Å². The van der Waals surface area contributed by atoms with Crippen molar-refractivity contribution >= 4 is 62.3 Å². The third kappa shape index (κ3) is 7.91. The Labute approximate surface area is 251 Å². The zero-order valence-corrected chi connectivity index (χ0v) is 25.6. The summed E-state index contributed by atoms with van der Waals surface area (Å²) in [6, 6.07) is 16.6. The van der Waals surface area contributed by atoms with E-state index in [-0.39, 0.29) is 23.0 Å². The first kappa shape index (κ1) is 31.7. The number of anilines is 1. The van der Waals surface area contributed by atoms with Gasteiger partial charge in [-0.15, -0.1) is 0 Å². The number of carbonyl (C=O) groups excluding carboxylic acids is 2. The molecule has 11 heteroatoms. The molecule has 3 rings (SSSR count). The molecule has 2 amide bonds. The van der Waals surface area contributed by atoms with Crippen LogP contribution < -0.4 is 9.62 Å². The molecule has 0 aliphatic rings. The third-order valence-corrected chi connectivity index (χ3v) is 8.89. The summed E-state index contributed by atoms with van der Waals surface area (Å²) in [5.41, 5.74) is 1.67. The van der Waals surface area contributed by atoms with Gasteiger partial charge in [-0.1, -0.05) is 78.5 Å². The second-order valence-electron chi connectivity index (χ2n) is 9.28. The number of nitrogens with zero attached hydrogens (tertiary/aromatic N) is 2. The van der Waals surface area contributed by atoms with Crippen molar-refractivity contribution in [2.45, 2.75) is 51.1 Å². The van der Waals surface area contributed by atoms with Crippen LogP contribution in [0.1, 0.15) is 37.8 Å². The van der Waals surface area contributed by atoms with Gasteiger partial charge in [-0.2, -0.15) is 0 Å². The van der Waals surface area contributed by atoms with Crippen molar-refractivity contribution in [1.29, 1.82) is 0 Å². The number of carbonyl (C=O) groups is 2. The van der Waals surface area contributed by atoms with Crippen molar-refractivity contribution < 1.29 is 18.0 Å². The van der Waals surface area contributed by atoms with Crippen LogP contribution in [0.5, 0.6) is 0 Å². The Morgan fingerprint density at radius 2 is 1.60 bits per heavy atom. The fourth-order valence-corrected chi connectivity index (χ4v) is 6.18. The molecule has 0 aliphatic heterocycles. The maximum absolute atomic E-state index is 14.0. The van der Waals surface area contributed by atoms with Gasteiger partial charge in [-0.25, -0.2) is 8.42 Å². The SMILES string of the molecule is CCCNC(=O)[C@H](CC)N(Cc1ccc(Cl)cc1Cl)C(=O)CN(c1cccc(Cl)c1)S(=O)(=O)c1ccc(C)cc1. The Bertz CT molecular complexity index is 1450. The number of benzene rings is 3. The van der Waals surface area contributed by atoms with Gasteiger partial charge in [0.15, 0.2) is 0 Å².